The van der Waals surface area contributed by atoms with Crippen LogP contribution in [0.1, 0.15) is 0 Å². The molecular weight excluding hydrogens is 340 g/mol. The summed E-state index contributed by atoms with van der Waals surface area (Å²) in [5, 5.41) is 0. The van der Waals surface area contributed by atoms with Gasteiger partial charge in [-0.2, -0.15) is 4.31 Å². The normalized spacial score (nSPS) is 19.2. The van der Waals surface area contributed by atoms with Crippen LogP contribution in [0.3, 0.4) is 0 Å². The van der Waals surface area contributed by atoms with Gasteiger partial charge in [-0.15, -0.1) is 0 Å². The maximum absolute atomic E-state index is 12.8. The molecular formula is C14H16N2O7S. The van der Waals surface area contributed by atoms with E-state index in [9.17, 15) is 18.0 Å². The highest BCUT2D eigenvalue weighted by Crippen LogP contribution is 2.33. The fourth-order valence-corrected chi connectivity index (χ4v) is 4.30. The summed E-state index contributed by atoms with van der Waals surface area (Å²) in [5.74, 6) is 0.113. The van der Waals surface area contributed by atoms with E-state index in [0.717, 1.165) is 4.90 Å². The van der Waals surface area contributed by atoms with Gasteiger partial charge in [-0.3, -0.25) is 4.79 Å². The molecule has 3 rings (SSSR count). The van der Waals surface area contributed by atoms with E-state index in [4.69, 9.17) is 9.47 Å². The molecule has 2 saturated heterocycles. The number of hydrogen-bond acceptors (Lipinski definition) is 7. The first-order valence-electron chi connectivity index (χ1n) is 7.09. The van der Waals surface area contributed by atoms with Crippen molar-refractivity contribution in [2.75, 3.05) is 33.9 Å². The molecule has 0 aliphatic carbocycles. The summed E-state index contributed by atoms with van der Waals surface area (Å²) in [6, 6.07) is 3.95. The summed E-state index contributed by atoms with van der Waals surface area (Å²) >= 11 is 0. The zero-order valence-electron chi connectivity index (χ0n) is 13.1. The second-order valence-electron chi connectivity index (χ2n) is 5.31. The molecule has 2 aliphatic heterocycles. The van der Waals surface area contributed by atoms with Crippen molar-refractivity contribution >= 4 is 22.0 Å². The van der Waals surface area contributed by atoms with Gasteiger partial charge in [0.1, 0.15) is 16.4 Å². The van der Waals surface area contributed by atoms with Gasteiger partial charge in [-0.1, -0.05) is 0 Å². The van der Waals surface area contributed by atoms with Gasteiger partial charge < -0.3 is 14.2 Å². The van der Waals surface area contributed by atoms with E-state index >= 15 is 0 Å². The van der Waals surface area contributed by atoms with Gasteiger partial charge in [0.25, 0.3) is 5.91 Å². The lowest BCUT2D eigenvalue weighted by Crippen LogP contribution is -2.62. The number of carbonyl (C=O) groups is 2. The lowest BCUT2D eigenvalue weighted by Gasteiger charge is -2.40. The predicted molar refractivity (Wildman–Crippen MR) is 80.3 cm³/mol. The number of nitrogens with zero attached hydrogens (tertiary/aromatic N) is 2. The molecule has 0 spiro atoms. The molecule has 2 fully saturated rings. The average Bonchev–Trinajstić information content (AvgIpc) is 2.85. The standard InChI is InChI=1S/C14H16N2O7S/c1-21-10-3-4-11(22-2)12(5-10)24(19,20)15-6-9(7-15)16-13(17)8-23-14(16)18/h3-5,9H,6-8H2,1-2H3. The van der Waals surface area contributed by atoms with E-state index in [1.54, 1.807) is 6.07 Å². The van der Waals surface area contributed by atoms with Gasteiger partial charge in [0, 0.05) is 19.2 Å². The minimum absolute atomic E-state index is 0.0174. The van der Waals surface area contributed by atoms with Crippen LogP contribution in [0.2, 0.25) is 0 Å². The van der Waals surface area contributed by atoms with E-state index in [1.807, 2.05) is 0 Å². The van der Waals surface area contributed by atoms with Gasteiger partial charge in [-0.25, -0.2) is 18.1 Å². The molecule has 2 amide bonds. The van der Waals surface area contributed by atoms with Crippen molar-refractivity contribution in [1.82, 2.24) is 9.21 Å². The number of cyclic esters (lactones) is 1. The average molecular weight is 356 g/mol. The number of hydrogen-bond donors (Lipinski definition) is 0. The molecule has 24 heavy (non-hydrogen) atoms. The van der Waals surface area contributed by atoms with Crippen LogP contribution in [-0.2, 0) is 19.6 Å². The Morgan fingerprint density at radius 3 is 2.42 bits per heavy atom. The number of ether oxygens (including phenoxy) is 3. The van der Waals surface area contributed by atoms with Crippen LogP contribution >= 0.6 is 0 Å². The summed E-state index contributed by atoms with van der Waals surface area (Å²) in [6.45, 7) is -0.265. The highest BCUT2D eigenvalue weighted by atomic mass is 32.2. The van der Waals surface area contributed by atoms with Crippen LogP contribution in [0.15, 0.2) is 23.1 Å². The third-order valence-corrected chi connectivity index (χ3v) is 5.82. The molecule has 0 saturated carbocycles. The molecule has 0 N–H and O–H groups in total. The summed E-state index contributed by atoms with van der Waals surface area (Å²) in [6.07, 6.45) is -0.735. The van der Waals surface area contributed by atoms with E-state index in [1.165, 1.54) is 30.7 Å². The number of imide groups is 1. The van der Waals surface area contributed by atoms with E-state index < -0.39 is 28.1 Å². The number of methoxy groups -OCH3 is 2. The molecule has 2 aliphatic rings. The van der Waals surface area contributed by atoms with Crippen molar-refractivity contribution in [3.8, 4) is 11.5 Å². The van der Waals surface area contributed by atoms with Crippen LogP contribution in [0.4, 0.5) is 4.79 Å². The predicted octanol–water partition coefficient (Wildman–Crippen LogP) is 0.0555. The topological polar surface area (TPSA) is 102 Å². The molecule has 1 aromatic carbocycles. The Kier molecular flexibility index (Phi) is 4.10. The molecule has 0 atom stereocenters. The zero-order chi connectivity index (χ0) is 17.5. The fourth-order valence-electron chi connectivity index (χ4n) is 2.62. The van der Waals surface area contributed by atoms with Gasteiger partial charge in [0.15, 0.2) is 6.61 Å². The third kappa shape index (κ3) is 2.57. The molecule has 9 nitrogen and oxygen atoms in total. The highest BCUT2D eigenvalue weighted by molar-refractivity contribution is 7.89. The molecule has 130 valence electrons. The molecule has 0 unspecified atom stereocenters. The van der Waals surface area contributed by atoms with Crippen LogP contribution in [0, 0.1) is 0 Å². The minimum Gasteiger partial charge on any atom is -0.497 e. The Bertz CT molecular complexity index is 770. The van der Waals surface area contributed by atoms with Crippen LogP contribution < -0.4 is 9.47 Å². The van der Waals surface area contributed by atoms with E-state index in [-0.39, 0.29) is 30.3 Å². The first-order valence-corrected chi connectivity index (χ1v) is 8.53. The quantitative estimate of drug-likeness (QED) is 0.735. The van der Waals surface area contributed by atoms with Crippen molar-refractivity contribution in [2.24, 2.45) is 0 Å². The van der Waals surface area contributed by atoms with Crippen molar-refractivity contribution in [3.05, 3.63) is 18.2 Å². The smallest absolute Gasteiger partial charge is 0.417 e. The Labute approximate surface area is 138 Å². The van der Waals surface area contributed by atoms with Crippen LogP contribution in [0.5, 0.6) is 11.5 Å². The Hall–Kier alpha value is -2.33. The molecule has 0 radical (unpaired) electrons. The van der Waals surface area contributed by atoms with Crippen molar-refractivity contribution in [3.63, 3.8) is 0 Å². The number of rotatable bonds is 5. The summed E-state index contributed by atoms with van der Waals surface area (Å²) in [7, 11) is -1.03. The molecule has 0 bridgehead atoms. The molecule has 2 heterocycles. The second-order valence-corrected chi connectivity index (χ2v) is 7.22. The van der Waals surface area contributed by atoms with Crippen molar-refractivity contribution in [1.29, 1.82) is 0 Å². The van der Waals surface area contributed by atoms with Gasteiger partial charge >= 0.3 is 6.09 Å². The maximum Gasteiger partial charge on any atom is 0.417 e. The first kappa shape index (κ1) is 16.5. The largest absolute Gasteiger partial charge is 0.497 e. The Morgan fingerprint density at radius 2 is 1.88 bits per heavy atom. The van der Waals surface area contributed by atoms with E-state index in [2.05, 4.69) is 4.74 Å². The summed E-state index contributed by atoms with van der Waals surface area (Å²) in [4.78, 5) is 24.0. The lowest BCUT2D eigenvalue weighted by molar-refractivity contribution is -0.128. The molecule has 10 heteroatoms. The molecule has 1 aromatic rings. The zero-order valence-corrected chi connectivity index (χ0v) is 13.9. The SMILES string of the molecule is COc1ccc(OC)c(S(=O)(=O)N2CC(N3C(=O)COC3=O)C2)c1. The van der Waals surface area contributed by atoms with Gasteiger partial charge in [0.05, 0.1) is 20.3 Å². The van der Waals surface area contributed by atoms with Crippen LogP contribution in [0.25, 0.3) is 0 Å². The number of benzene rings is 1. The third-order valence-electron chi connectivity index (χ3n) is 3.97. The number of carbonyl (C=O) groups excluding carboxylic acids is 2. The lowest BCUT2D eigenvalue weighted by atomic mass is 10.1. The van der Waals surface area contributed by atoms with Crippen molar-refractivity contribution in [2.45, 2.75) is 10.9 Å². The van der Waals surface area contributed by atoms with Crippen LogP contribution in [-0.4, -0.2) is 69.6 Å². The first-order chi connectivity index (χ1) is 11.4. The van der Waals surface area contributed by atoms with Gasteiger partial charge in [-0.05, 0) is 12.1 Å². The number of amides is 2. The Balaban J connectivity index is 1.81. The van der Waals surface area contributed by atoms with Gasteiger partial charge in [0.2, 0.25) is 10.0 Å². The second kappa shape index (κ2) is 5.95. The van der Waals surface area contributed by atoms with E-state index in [0.29, 0.717) is 5.75 Å². The number of sulfonamides is 1. The summed E-state index contributed by atoms with van der Waals surface area (Å²) < 4.78 is 41.5. The highest BCUT2D eigenvalue weighted by Gasteiger charge is 2.47. The Morgan fingerprint density at radius 1 is 1.17 bits per heavy atom. The van der Waals surface area contributed by atoms with Crippen molar-refractivity contribution < 1.29 is 32.2 Å². The maximum atomic E-state index is 12.8. The summed E-state index contributed by atoms with van der Waals surface area (Å²) in [5.41, 5.74) is 0. The fraction of sp³-hybridized carbons (Fsp3) is 0.429. The minimum atomic E-state index is -3.84. The monoisotopic (exact) mass is 356 g/mol. The molecule has 0 aromatic heterocycles.